The fourth-order valence-corrected chi connectivity index (χ4v) is 1.72. The van der Waals surface area contributed by atoms with Gasteiger partial charge in [-0.05, 0) is 19.9 Å². The van der Waals surface area contributed by atoms with Crippen LogP contribution in [0.15, 0.2) is 0 Å². The lowest BCUT2D eigenvalue weighted by Crippen LogP contribution is -2.08. The van der Waals surface area contributed by atoms with E-state index in [-0.39, 0.29) is 0 Å². The van der Waals surface area contributed by atoms with Gasteiger partial charge in [-0.1, -0.05) is 0 Å². The second kappa shape index (κ2) is 4.54. The van der Waals surface area contributed by atoms with E-state index >= 15 is 0 Å². The predicted molar refractivity (Wildman–Crippen MR) is 64.7 cm³/mol. The quantitative estimate of drug-likeness (QED) is 0.778. The molecule has 0 fully saturated rings. The first-order valence-electron chi connectivity index (χ1n) is 5.41. The van der Waals surface area contributed by atoms with Gasteiger partial charge in [0.1, 0.15) is 5.82 Å². The minimum Gasteiger partial charge on any atom is -0.468 e. The van der Waals surface area contributed by atoms with E-state index in [1.807, 2.05) is 4.57 Å². The zero-order chi connectivity index (χ0) is 12.4. The Balaban J connectivity index is 2.60. The van der Waals surface area contributed by atoms with Crippen LogP contribution in [-0.4, -0.2) is 33.2 Å². The van der Waals surface area contributed by atoms with Gasteiger partial charge < -0.3 is 16.2 Å². The fraction of sp³-hybridized carbons (Fsp3) is 0.500. The van der Waals surface area contributed by atoms with Crippen molar-refractivity contribution < 1.29 is 4.74 Å². The van der Waals surface area contributed by atoms with Crippen molar-refractivity contribution in [2.24, 2.45) is 5.73 Å². The number of hydrogen-bond acceptors (Lipinski definition) is 6. The van der Waals surface area contributed by atoms with Gasteiger partial charge in [-0.15, -0.1) is 0 Å². The topological polar surface area (TPSA) is 105 Å². The third-order valence-electron chi connectivity index (χ3n) is 2.47. The number of aromatic nitrogens is 4. The van der Waals surface area contributed by atoms with Crippen LogP contribution in [0.5, 0.6) is 6.01 Å². The minimum absolute atomic E-state index is 0.372. The highest BCUT2D eigenvalue weighted by molar-refractivity contribution is 5.82. The number of aryl methyl sites for hydroxylation is 2. The van der Waals surface area contributed by atoms with Gasteiger partial charge in [0.05, 0.1) is 7.11 Å². The zero-order valence-electron chi connectivity index (χ0n) is 9.97. The van der Waals surface area contributed by atoms with Gasteiger partial charge in [-0.25, -0.2) is 9.97 Å². The summed E-state index contributed by atoms with van der Waals surface area (Å²) in [5.74, 6) is 0.990. The van der Waals surface area contributed by atoms with E-state index in [1.165, 1.54) is 0 Å². The van der Waals surface area contributed by atoms with E-state index in [1.54, 1.807) is 14.0 Å². The lowest BCUT2D eigenvalue weighted by molar-refractivity contribution is 0.358. The Morgan fingerprint density at radius 1 is 1.29 bits per heavy atom. The number of nitrogen functional groups attached to an aromatic ring is 1. The number of nitrogens with two attached hydrogens (primary N) is 2. The predicted octanol–water partition coefficient (Wildman–Crippen LogP) is 0.0743. The highest BCUT2D eigenvalue weighted by Gasteiger charge is 2.15. The van der Waals surface area contributed by atoms with Crippen LogP contribution in [-0.2, 0) is 6.54 Å². The maximum absolute atomic E-state index is 5.82. The first-order chi connectivity index (χ1) is 8.17. The third kappa shape index (κ3) is 2.01. The summed E-state index contributed by atoms with van der Waals surface area (Å²) in [7, 11) is 1.57. The molecule has 2 aromatic heterocycles. The Hall–Kier alpha value is -1.89. The van der Waals surface area contributed by atoms with Crippen molar-refractivity contribution in [2.75, 3.05) is 19.4 Å². The summed E-state index contributed by atoms with van der Waals surface area (Å²) in [6.07, 6.45) is 0.824. The summed E-state index contributed by atoms with van der Waals surface area (Å²) in [5.41, 5.74) is 12.6. The molecule has 17 heavy (non-hydrogen) atoms. The number of ether oxygens (including phenoxy) is 1. The molecule has 4 N–H and O–H groups in total. The summed E-state index contributed by atoms with van der Waals surface area (Å²) in [5, 5.41) is 0. The second-order valence-electron chi connectivity index (χ2n) is 3.72. The maximum Gasteiger partial charge on any atom is 0.298 e. The molecule has 0 saturated carbocycles. The maximum atomic E-state index is 5.82. The number of rotatable bonds is 4. The molecule has 7 nitrogen and oxygen atoms in total. The van der Waals surface area contributed by atoms with Crippen LogP contribution in [0.3, 0.4) is 0 Å². The van der Waals surface area contributed by atoms with Crippen molar-refractivity contribution in [3.05, 3.63) is 5.82 Å². The standard InChI is InChI=1S/C10H16N6O/c1-6-13-8(12)7-9(14-6)16(5-3-4-11)10(15-7)17-2/h3-5,11H2,1-2H3,(H2,12,13,14). The van der Waals surface area contributed by atoms with Gasteiger partial charge in [-0.2, -0.15) is 4.98 Å². The molecule has 2 rings (SSSR count). The van der Waals surface area contributed by atoms with Crippen LogP contribution in [0.4, 0.5) is 5.82 Å². The van der Waals surface area contributed by atoms with E-state index < -0.39 is 0 Å². The number of methoxy groups -OCH3 is 1. The van der Waals surface area contributed by atoms with Crippen molar-refractivity contribution in [3.63, 3.8) is 0 Å². The molecule has 7 heteroatoms. The fourth-order valence-electron chi connectivity index (χ4n) is 1.72. The Labute approximate surface area is 98.8 Å². The molecular formula is C10H16N6O. The van der Waals surface area contributed by atoms with Crippen LogP contribution in [0, 0.1) is 6.92 Å². The summed E-state index contributed by atoms with van der Waals surface area (Å²) in [6.45, 7) is 3.09. The van der Waals surface area contributed by atoms with E-state index in [0.717, 1.165) is 6.42 Å². The van der Waals surface area contributed by atoms with Crippen LogP contribution in [0.2, 0.25) is 0 Å². The normalized spacial score (nSPS) is 11.0. The number of hydrogen-bond donors (Lipinski definition) is 2. The Morgan fingerprint density at radius 3 is 2.71 bits per heavy atom. The molecule has 0 aliphatic carbocycles. The number of imidazole rings is 1. The average molecular weight is 236 g/mol. The lowest BCUT2D eigenvalue weighted by Gasteiger charge is -2.06. The lowest BCUT2D eigenvalue weighted by atomic mass is 10.4. The van der Waals surface area contributed by atoms with E-state index in [4.69, 9.17) is 16.2 Å². The van der Waals surface area contributed by atoms with Crippen LogP contribution in [0.25, 0.3) is 11.2 Å². The molecule has 0 amide bonds. The molecule has 2 aromatic rings. The van der Waals surface area contributed by atoms with Crippen molar-refractivity contribution in [2.45, 2.75) is 19.9 Å². The smallest absolute Gasteiger partial charge is 0.298 e. The first kappa shape index (κ1) is 11.6. The molecule has 0 atom stereocenters. The molecule has 0 aliphatic rings. The molecule has 0 unspecified atom stereocenters. The van der Waals surface area contributed by atoms with E-state index in [9.17, 15) is 0 Å². The molecular weight excluding hydrogens is 220 g/mol. The Kier molecular flexibility index (Phi) is 3.10. The van der Waals surface area contributed by atoms with Crippen LogP contribution < -0.4 is 16.2 Å². The highest BCUT2D eigenvalue weighted by Crippen LogP contribution is 2.23. The van der Waals surface area contributed by atoms with Gasteiger partial charge in [-0.3, -0.25) is 4.57 Å². The Bertz CT molecular complexity index is 535. The summed E-state index contributed by atoms with van der Waals surface area (Å²) in [4.78, 5) is 12.7. The first-order valence-corrected chi connectivity index (χ1v) is 5.41. The number of nitrogens with zero attached hydrogens (tertiary/aromatic N) is 4. The number of fused-ring (bicyclic) bond motifs is 1. The largest absolute Gasteiger partial charge is 0.468 e. The van der Waals surface area contributed by atoms with Gasteiger partial charge in [0.15, 0.2) is 17.0 Å². The molecule has 2 heterocycles. The van der Waals surface area contributed by atoms with Gasteiger partial charge >= 0.3 is 0 Å². The van der Waals surface area contributed by atoms with Crippen LogP contribution in [0.1, 0.15) is 12.2 Å². The molecule has 0 bridgehead atoms. The summed E-state index contributed by atoms with van der Waals surface area (Å²) < 4.78 is 7.08. The third-order valence-corrected chi connectivity index (χ3v) is 2.47. The Morgan fingerprint density at radius 2 is 2.06 bits per heavy atom. The van der Waals surface area contributed by atoms with E-state index in [0.29, 0.717) is 41.9 Å². The molecule has 0 saturated heterocycles. The molecule has 0 spiro atoms. The van der Waals surface area contributed by atoms with Crippen LogP contribution >= 0.6 is 0 Å². The van der Waals surface area contributed by atoms with Crippen molar-refractivity contribution in [3.8, 4) is 6.01 Å². The van der Waals surface area contributed by atoms with Gasteiger partial charge in [0.2, 0.25) is 0 Å². The SMILES string of the molecule is COc1nc2c(N)nc(C)nc2n1CCCN. The van der Waals surface area contributed by atoms with E-state index in [2.05, 4.69) is 15.0 Å². The average Bonchev–Trinajstić information content (AvgIpc) is 2.64. The zero-order valence-corrected chi connectivity index (χ0v) is 9.97. The molecule has 0 aromatic carbocycles. The molecule has 0 aliphatic heterocycles. The molecule has 0 radical (unpaired) electrons. The highest BCUT2D eigenvalue weighted by atomic mass is 16.5. The van der Waals surface area contributed by atoms with Gasteiger partial charge in [0, 0.05) is 6.54 Å². The van der Waals surface area contributed by atoms with Crippen molar-refractivity contribution in [1.29, 1.82) is 0 Å². The summed E-state index contributed by atoms with van der Waals surface area (Å²) in [6, 6.07) is 0.486. The van der Waals surface area contributed by atoms with Crippen molar-refractivity contribution in [1.82, 2.24) is 19.5 Å². The van der Waals surface area contributed by atoms with Gasteiger partial charge in [0.25, 0.3) is 6.01 Å². The second-order valence-corrected chi connectivity index (χ2v) is 3.72. The number of anilines is 1. The van der Waals surface area contributed by atoms with Crippen molar-refractivity contribution >= 4 is 17.0 Å². The minimum atomic E-state index is 0.372. The summed E-state index contributed by atoms with van der Waals surface area (Å²) >= 11 is 0. The monoisotopic (exact) mass is 236 g/mol. The molecule has 92 valence electrons.